The van der Waals surface area contributed by atoms with E-state index < -0.39 is 6.04 Å². The molecule has 1 N–H and O–H groups in total. The topological polar surface area (TPSA) is 80.8 Å². The Morgan fingerprint density at radius 3 is 2.70 bits per heavy atom. The van der Waals surface area contributed by atoms with Gasteiger partial charge in [-0.2, -0.15) is 0 Å². The van der Waals surface area contributed by atoms with Crippen molar-refractivity contribution in [1.29, 1.82) is 0 Å². The Balaban J connectivity index is 1.30. The van der Waals surface area contributed by atoms with Crippen molar-refractivity contribution in [2.45, 2.75) is 25.3 Å². The van der Waals surface area contributed by atoms with Gasteiger partial charge in [0.2, 0.25) is 11.8 Å². The van der Waals surface area contributed by atoms with Gasteiger partial charge in [0.1, 0.15) is 19.3 Å². The van der Waals surface area contributed by atoms with E-state index in [1.54, 1.807) is 4.90 Å². The standard InChI is InChI=1S/C22H21N3O4S/c26-20(11-14-5-2-1-3-6-14)25-8-4-7-16(25)21(27)24-22-23-15-12-17-18(13-19(15)30-22)29-10-9-28-17/h1-3,5-6,12-13,16H,4,7-11H2,(H,23,24,27). The van der Waals surface area contributed by atoms with Crippen molar-refractivity contribution in [3.05, 3.63) is 48.0 Å². The summed E-state index contributed by atoms with van der Waals surface area (Å²) in [5.41, 5.74) is 1.70. The number of ether oxygens (including phenoxy) is 2. The maximum Gasteiger partial charge on any atom is 0.248 e. The highest BCUT2D eigenvalue weighted by atomic mass is 32.1. The highest BCUT2D eigenvalue weighted by Gasteiger charge is 2.34. The Kier molecular flexibility index (Phi) is 5.00. The number of carbonyl (C=O) groups is 2. The fourth-order valence-corrected chi connectivity index (χ4v) is 4.80. The fourth-order valence-electron chi connectivity index (χ4n) is 3.92. The number of aromatic nitrogens is 1. The van der Waals surface area contributed by atoms with Gasteiger partial charge in [-0.1, -0.05) is 41.7 Å². The van der Waals surface area contributed by atoms with Crippen molar-refractivity contribution in [2.75, 3.05) is 25.1 Å². The van der Waals surface area contributed by atoms with E-state index in [0.717, 1.165) is 22.2 Å². The van der Waals surface area contributed by atoms with Crippen molar-refractivity contribution in [2.24, 2.45) is 0 Å². The third-order valence-electron chi connectivity index (χ3n) is 5.36. The van der Waals surface area contributed by atoms with Crippen LogP contribution in [0, 0.1) is 0 Å². The number of thiazole rings is 1. The lowest BCUT2D eigenvalue weighted by molar-refractivity contribution is -0.136. The predicted octanol–water partition coefficient (Wildman–Crippen LogP) is 3.24. The Morgan fingerprint density at radius 2 is 1.90 bits per heavy atom. The zero-order chi connectivity index (χ0) is 20.5. The molecule has 3 heterocycles. The number of rotatable bonds is 4. The molecule has 1 aromatic heterocycles. The second-order valence-corrected chi connectivity index (χ2v) is 8.41. The minimum absolute atomic E-state index is 0.0230. The first-order valence-electron chi connectivity index (χ1n) is 10.0. The zero-order valence-electron chi connectivity index (χ0n) is 16.3. The number of benzene rings is 2. The summed E-state index contributed by atoms with van der Waals surface area (Å²) < 4.78 is 12.1. The molecule has 2 amide bonds. The molecule has 5 rings (SSSR count). The van der Waals surface area contributed by atoms with Gasteiger partial charge < -0.3 is 19.7 Å². The van der Waals surface area contributed by atoms with Gasteiger partial charge in [-0.05, 0) is 18.4 Å². The number of fused-ring (bicyclic) bond motifs is 2. The van der Waals surface area contributed by atoms with Crippen LogP contribution in [0.25, 0.3) is 10.2 Å². The van der Waals surface area contributed by atoms with E-state index >= 15 is 0 Å². The minimum atomic E-state index is -0.465. The predicted molar refractivity (Wildman–Crippen MR) is 114 cm³/mol. The molecule has 3 aromatic rings. The third-order valence-corrected chi connectivity index (χ3v) is 6.29. The lowest BCUT2D eigenvalue weighted by atomic mass is 10.1. The molecule has 2 aliphatic heterocycles. The number of hydrogen-bond acceptors (Lipinski definition) is 6. The molecule has 1 atom stereocenters. The molecule has 1 fully saturated rings. The van der Waals surface area contributed by atoms with E-state index in [2.05, 4.69) is 10.3 Å². The summed E-state index contributed by atoms with van der Waals surface area (Å²) in [5, 5.41) is 3.42. The Labute approximate surface area is 177 Å². The second-order valence-electron chi connectivity index (χ2n) is 7.38. The molecule has 154 valence electrons. The van der Waals surface area contributed by atoms with Gasteiger partial charge in [-0.15, -0.1) is 0 Å². The summed E-state index contributed by atoms with van der Waals surface area (Å²) in [5.74, 6) is 1.16. The van der Waals surface area contributed by atoms with Crippen LogP contribution >= 0.6 is 11.3 Å². The first kappa shape index (κ1) is 18.9. The summed E-state index contributed by atoms with van der Waals surface area (Å²) in [6.45, 7) is 1.64. The molecule has 0 radical (unpaired) electrons. The molecule has 30 heavy (non-hydrogen) atoms. The van der Waals surface area contributed by atoms with E-state index in [1.807, 2.05) is 42.5 Å². The quantitative estimate of drug-likeness (QED) is 0.697. The monoisotopic (exact) mass is 423 g/mol. The first-order valence-corrected chi connectivity index (χ1v) is 10.8. The smallest absolute Gasteiger partial charge is 0.248 e. The number of amides is 2. The summed E-state index contributed by atoms with van der Waals surface area (Å²) in [7, 11) is 0. The molecule has 7 nitrogen and oxygen atoms in total. The van der Waals surface area contributed by atoms with Crippen LogP contribution in [0.2, 0.25) is 0 Å². The SMILES string of the molecule is O=C(Nc1nc2cc3c(cc2s1)OCCO3)C1CCCN1C(=O)Cc1ccccc1. The van der Waals surface area contributed by atoms with Crippen LogP contribution in [0.5, 0.6) is 11.5 Å². The van der Waals surface area contributed by atoms with E-state index in [0.29, 0.717) is 49.2 Å². The Morgan fingerprint density at radius 1 is 1.13 bits per heavy atom. The minimum Gasteiger partial charge on any atom is -0.486 e. The molecule has 0 spiro atoms. The number of likely N-dealkylation sites (tertiary alicyclic amines) is 1. The van der Waals surface area contributed by atoms with E-state index in [4.69, 9.17) is 9.47 Å². The second kappa shape index (κ2) is 7.95. The van der Waals surface area contributed by atoms with Gasteiger partial charge in [0.15, 0.2) is 16.6 Å². The largest absolute Gasteiger partial charge is 0.486 e. The highest BCUT2D eigenvalue weighted by molar-refractivity contribution is 7.22. The molecule has 2 aromatic carbocycles. The van der Waals surface area contributed by atoms with Gasteiger partial charge in [-0.25, -0.2) is 4.98 Å². The molecule has 0 saturated carbocycles. The number of nitrogens with one attached hydrogen (secondary N) is 1. The van der Waals surface area contributed by atoms with Crippen molar-refractivity contribution in [3.63, 3.8) is 0 Å². The zero-order valence-corrected chi connectivity index (χ0v) is 17.1. The van der Waals surface area contributed by atoms with Crippen molar-refractivity contribution < 1.29 is 19.1 Å². The summed E-state index contributed by atoms with van der Waals surface area (Å²) in [6.07, 6.45) is 1.78. The molecular weight excluding hydrogens is 402 g/mol. The van der Waals surface area contributed by atoms with E-state index in [1.165, 1.54) is 11.3 Å². The molecule has 1 unspecified atom stereocenters. The van der Waals surface area contributed by atoms with Crippen LogP contribution in [0.3, 0.4) is 0 Å². The van der Waals surface area contributed by atoms with Crippen LogP contribution in [-0.2, 0) is 16.0 Å². The normalized spacial score (nSPS) is 17.9. The van der Waals surface area contributed by atoms with Crippen LogP contribution in [0.4, 0.5) is 5.13 Å². The molecule has 1 saturated heterocycles. The number of nitrogens with zero attached hydrogens (tertiary/aromatic N) is 2. The Bertz CT molecular complexity index is 1060. The van der Waals surface area contributed by atoms with Gasteiger partial charge >= 0.3 is 0 Å². The van der Waals surface area contributed by atoms with E-state index in [-0.39, 0.29) is 11.8 Å². The van der Waals surface area contributed by atoms with Gasteiger partial charge in [0.25, 0.3) is 0 Å². The Hall–Kier alpha value is -3.13. The van der Waals surface area contributed by atoms with Crippen LogP contribution in [0.1, 0.15) is 18.4 Å². The fraction of sp³-hybridized carbons (Fsp3) is 0.318. The van der Waals surface area contributed by atoms with Gasteiger partial charge in [0, 0.05) is 18.7 Å². The molecule has 0 bridgehead atoms. The van der Waals surface area contributed by atoms with Crippen molar-refractivity contribution in [1.82, 2.24) is 9.88 Å². The first-order chi connectivity index (χ1) is 14.7. The third kappa shape index (κ3) is 3.70. The highest BCUT2D eigenvalue weighted by Crippen LogP contribution is 2.38. The van der Waals surface area contributed by atoms with Crippen LogP contribution in [0.15, 0.2) is 42.5 Å². The van der Waals surface area contributed by atoms with Gasteiger partial charge in [0.05, 0.1) is 16.6 Å². The molecule has 8 heteroatoms. The van der Waals surface area contributed by atoms with Crippen LogP contribution in [-0.4, -0.2) is 47.5 Å². The van der Waals surface area contributed by atoms with Crippen molar-refractivity contribution >= 4 is 38.5 Å². The molecule has 0 aliphatic carbocycles. The average Bonchev–Trinajstić information content (AvgIpc) is 3.39. The maximum atomic E-state index is 12.9. The molecule has 2 aliphatic rings. The maximum absolute atomic E-state index is 12.9. The number of anilines is 1. The van der Waals surface area contributed by atoms with Crippen molar-refractivity contribution in [3.8, 4) is 11.5 Å². The summed E-state index contributed by atoms with van der Waals surface area (Å²) in [4.78, 5) is 31.9. The lowest BCUT2D eigenvalue weighted by Crippen LogP contribution is -2.43. The molecular formula is C22H21N3O4S. The van der Waals surface area contributed by atoms with Gasteiger partial charge in [-0.3, -0.25) is 9.59 Å². The summed E-state index contributed by atoms with van der Waals surface area (Å²) >= 11 is 1.39. The van der Waals surface area contributed by atoms with Crippen LogP contribution < -0.4 is 14.8 Å². The number of carbonyl (C=O) groups excluding carboxylic acids is 2. The van der Waals surface area contributed by atoms with E-state index in [9.17, 15) is 9.59 Å². The summed E-state index contributed by atoms with van der Waals surface area (Å²) in [6, 6.07) is 12.9. The average molecular weight is 423 g/mol. The lowest BCUT2D eigenvalue weighted by Gasteiger charge is -2.23. The number of hydrogen-bond donors (Lipinski definition) is 1.